The number of fused-ring (bicyclic) bond motifs is 1. The zero-order valence-electron chi connectivity index (χ0n) is 11.4. The lowest BCUT2D eigenvalue weighted by Crippen LogP contribution is -2.06. The number of benzene rings is 1. The zero-order valence-corrected chi connectivity index (χ0v) is 12.2. The summed E-state index contributed by atoms with van der Waals surface area (Å²) in [6.45, 7) is 6.17. The van der Waals surface area contributed by atoms with E-state index in [1.165, 1.54) is 15.6 Å². The fourth-order valence-corrected chi connectivity index (χ4v) is 3.24. The van der Waals surface area contributed by atoms with Gasteiger partial charge < -0.3 is 9.73 Å². The van der Waals surface area contributed by atoms with Crippen LogP contribution in [-0.4, -0.2) is 0 Å². The third-order valence-electron chi connectivity index (χ3n) is 3.38. The molecule has 0 saturated heterocycles. The topological polar surface area (TPSA) is 25.2 Å². The molecule has 19 heavy (non-hydrogen) atoms. The Morgan fingerprint density at radius 1 is 1.16 bits per heavy atom. The molecule has 0 bridgehead atoms. The molecule has 0 radical (unpaired) electrons. The first kappa shape index (κ1) is 12.3. The molecule has 1 N–H and O–H groups in total. The van der Waals surface area contributed by atoms with Gasteiger partial charge in [0.25, 0.3) is 0 Å². The Labute approximate surface area is 117 Å². The van der Waals surface area contributed by atoms with E-state index in [0.29, 0.717) is 0 Å². The number of thiophene rings is 1. The van der Waals surface area contributed by atoms with Crippen molar-refractivity contribution in [2.75, 3.05) is 5.32 Å². The molecule has 1 aromatic carbocycles. The fourth-order valence-electron chi connectivity index (χ4n) is 2.46. The number of furan rings is 1. The number of anilines is 1. The summed E-state index contributed by atoms with van der Waals surface area (Å²) < 4.78 is 6.92. The van der Waals surface area contributed by atoms with Gasteiger partial charge in [0, 0.05) is 16.0 Å². The van der Waals surface area contributed by atoms with E-state index in [9.17, 15) is 0 Å². The second kappa shape index (κ2) is 4.74. The van der Waals surface area contributed by atoms with Gasteiger partial charge >= 0.3 is 0 Å². The summed E-state index contributed by atoms with van der Waals surface area (Å²) in [7, 11) is 0. The van der Waals surface area contributed by atoms with Crippen LogP contribution in [0.4, 0.5) is 5.69 Å². The van der Waals surface area contributed by atoms with E-state index in [2.05, 4.69) is 48.0 Å². The first-order valence-corrected chi connectivity index (χ1v) is 7.32. The van der Waals surface area contributed by atoms with Crippen LogP contribution in [0.15, 0.2) is 40.1 Å². The molecule has 3 rings (SSSR count). The molecule has 3 heteroatoms. The van der Waals surface area contributed by atoms with Crippen molar-refractivity contribution in [3.8, 4) is 0 Å². The molecule has 0 aliphatic rings. The van der Waals surface area contributed by atoms with Crippen LogP contribution in [0.3, 0.4) is 0 Å². The molecule has 0 amide bonds. The molecule has 3 aromatic rings. The minimum atomic E-state index is 0.244. The summed E-state index contributed by atoms with van der Waals surface area (Å²) >= 11 is 1.77. The first-order valence-electron chi connectivity index (χ1n) is 6.44. The average molecular weight is 271 g/mol. The smallest absolute Gasteiger partial charge is 0.106 e. The summed E-state index contributed by atoms with van der Waals surface area (Å²) in [4.78, 5) is 0. The molecule has 1 atom stereocenters. The highest BCUT2D eigenvalue weighted by molar-refractivity contribution is 7.17. The van der Waals surface area contributed by atoms with Crippen molar-refractivity contribution in [1.29, 1.82) is 0 Å². The summed E-state index contributed by atoms with van der Waals surface area (Å²) in [5, 5.41) is 6.96. The molecule has 2 nitrogen and oxygen atoms in total. The van der Waals surface area contributed by atoms with Gasteiger partial charge in [-0.1, -0.05) is 0 Å². The summed E-state index contributed by atoms with van der Waals surface area (Å²) in [6, 6.07) is 11.0. The average Bonchev–Trinajstić information content (AvgIpc) is 2.94. The number of rotatable bonds is 3. The molecule has 1 unspecified atom stereocenters. The highest BCUT2D eigenvalue weighted by Gasteiger charge is 2.12. The minimum Gasteiger partial charge on any atom is -0.466 e. The van der Waals surface area contributed by atoms with Crippen molar-refractivity contribution in [3.05, 3.63) is 52.8 Å². The van der Waals surface area contributed by atoms with E-state index in [0.717, 1.165) is 17.2 Å². The van der Waals surface area contributed by atoms with Crippen molar-refractivity contribution in [1.82, 2.24) is 0 Å². The van der Waals surface area contributed by atoms with Crippen LogP contribution in [0.2, 0.25) is 0 Å². The van der Waals surface area contributed by atoms with E-state index in [1.807, 2.05) is 13.8 Å². The monoisotopic (exact) mass is 271 g/mol. The molecule has 98 valence electrons. The number of aryl methyl sites for hydroxylation is 2. The number of hydrogen-bond acceptors (Lipinski definition) is 3. The summed E-state index contributed by atoms with van der Waals surface area (Å²) in [6.07, 6.45) is 0. The SMILES string of the molecule is Cc1cc(C(C)Nc2ccc3sccc3c2)c(C)o1. The van der Waals surface area contributed by atoms with E-state index < -0.39 is 0 Å². The largest absolute Gasteiger partial charge is 0.466 e. The van der Waals surface area contributed by atoms with Crippen molar-refractivity contribution in [2.24, 2.45) is 0 Å². The van der Waals surface area contributed by atoms with E-state index in [1.54, 1.807) is 11.3 Å². The molecule has 0 saturated carbocycles. The Kier molecular flexibility index (Phi) is 3.07. The molecular formula is C16H17NOS. The lowest BCUT2D eigenvalue weighted by Gasteiger charge is -2.14. The third kappa shape index (κ3) is 2.38. The van der Waals surface area contributed by atoms with Crippen LogP contribution in [0.5, 0.6) is 0 Å². The van der Waals surface area contributed by atoms with Crippen molar-refractivity contribution in [2.45, 2.75) is 26.8 Å². The van der Waals surface area contributed by atoms with Crippen LogP contribution in [0.25, 0.3) is 10.1 Å². The van der Waals surface area contributed by atoms with Gasteiger partial charge in [0.2, 0.25) is 0 Å². The van der Waals surface area contributed by atoms with Crippen molar-refractivity contribution in [3.63, 3.8) is 0 Å². The van der Waals surface area contributed by atoms with Gasteiger partial charge in [-0.2, -0.15) is 0 Å². The predicted octanol–water partition coefficient (Wildman–Crippen LogP) is 5.28. The van der Waals surface area contributed by atoms with Gasteiger partial charge in [-0.3, -0.25) is 0 Å². The van der Waals surface area contributed by atoms with Gasteiger partial charge in [-0.05, 0) is 61.9 Å². The van der Waals surface area contributed by atoms with Gasteiger partial charge in [-0.15, -0.1) is 11.3 Å². The second-order valence-corrected chi connectivity index (χ2v) is 5.86. The lowest BCUT2D eigenvalue weighted by atomic mass is 10.1. The van der Waals surface area contributed by atoms with Crippen LogP contribution < -0.4 is 5.32 Å². The molecule has 2 heterocycles. The highest BCUT2D eigenvalue weighted by Crippen LogP contribution is 2.28. The Balaban J connectivity index is 1.85. The summed E-state index contributed by atoms with van der Waals surface area (Å²) in [5.74, 6) is 1.96. The minimum absolute atomic E-state index is 0.244. The fraction of sp³-hybridized carbons (Fsp3) is 0.250. The summed E-state index contributed by atoms with van der Waals surface area (Å²) in [5.41, 5.74) is 2.37. The Hall–Kier alpha value is -1.74. The second-order valence-electron chi connectivity index (χ2n) is 4.91. The molecule has 2 aromatic heterocycles. The molecule has 0 spiro atoms. The third-order valence-corrected chi connectivity index (χ3v) is 4.28. The number of hydrogen-bond donors (Lipinski definition) is 1. The molecule has 0 aliphatic carbocycles. The highest BCUT2D eigenvalue weighted by atomic mass is 32.1. The maximum atomic E-state index is 5.59. The first-order chi connectivity index (χ1) is 9.13. The van der Waals surface area contributed by atoms with Gasteiger partial charge in [0.15, 0.2) is 0 Å². The predicted molar refractivity (Wildman–Crippen MR) is 82.0 cm³/mol. The Morgan fingerprint density at radius 2 is 2.00 bits per heavy atom. The maximum absolute atomic E-state index is 5.59. The van der Waals surface area contributed by atoms with E-state index in [4.69, 9.17) is 4.42 Å². The zero-order chi connectivity index (χ0) is 13.4. The molecule has 0 aliphatic heterocycles. The number of nitrogens with one attached hydrogen (secondary N) is 1. The molecular weight excluding hydrogens is 254 g/mol. The normalized spacial score (nSPS) is 12.8. The quantitative estimate of drug-likeness (QED) is 0.700. The van der Waals surface area contributed by atoms with Crippen LogP contribution in [0.1, 0.15) is 30.0 Å². The van der Waals surface area contributed by atoms with Gasteiger partial charge in [0.05, 0.1) is 6.04 Å². The van der Waals surface area contributed by atoms with Crippen LogP contribution >= 0.6 is 11.3 Å². The van der Waals surface area contributed by atoms with Crippen molar-refractivity contribution >= 4 is 27.1 Å². The maximum Gasteiger partial charge on any atom is 0.106 e. The van der Waals surface area contributed by atoms with Crippen LogP contribution in [-0.2, 0) is 0 Å². The van der Waals surface area contributed by atoms with E-state index >= 15 is 0 Å². The molecule has 0 fully saturated rings. The van der Waals surface area contributed by atoms with Gasteiger partial charge in [-0.25, -0.2) is 0 Å². The van der Waals surface area contributed by atoms with Crippen molar-refractivity contribution < 1.29 is 4.42 Å². The standard InChI is InChI=1S/C16H17NOS/c1-10-8-15(12(3)18-10)11(2)17-14-4-5-16-13(9-14)6-7-19-16/h4-9,11,17H,1-3H3. The van der Waals surface area contributed by atoms with Crippen LogP contribution in [0, 0.1) is 13.8 Å². The van der Waals surface area contributed by atoms with E-state index in [-0.39, 0.29) is 6.04 Å². The lowest BCUT2D eigenvalue weighted by molar-refractivity contribution is 0.500. The Bertz CT molecular complexity index is 710. The Morgan fingerprint density at radius 3 is 2.74 bits per heavy atom. The van der Waals surface area contributed by atoms with Gasteiger partial charge in [0.1, 0.15) is 11.5 Å².